The molecule has 11 aromatic heterocycles. The van der Waals surface area contributed by atoms with Crippen LogP contribution in [0.2, 0.25) is 20.1 Å². The van der Waals surface area contributed by atoms with Crippen molar-refractivity contribution in [2.45, 2.75) is 32.1 Å². The molecular weight excluding hydrogens is 1940 g/mol. The van der Waals surface area contributed by atoms with Crippen molar-refractivity contribution in [3.63, 3.8) is 0 Å². The molecule has 0 fully saturated rings. The van der Waals surface area contributed by atoms with Gasteiger partial charge in [0, 0.05) is 144 Å². The third kappa shape index (κ3) is 22.3. The number of anilines is 4. The molecule has 16 rings (SSSR count). The number of allylic oxidation sites excluding steroid dienone is 1. The lowest BCUT2D eigenvalue weighted by molar-refractivity contribution is -0.112. The number of methoxy groups -OCH3 is 8. The lowest BCUT2D eigenvalue weighted by Crippen LogP contribution is -2.09. The summed E-state index contributed by atoms with van der Waals surface area (Å²) in [5.41, 5.74) is 9.67. The molecule has 0 bridgehead atoms. The Bertz CT molecular complexity index is 6950. The number of benzene rings is 4. The number of nitrogens with zero attached hydrogens (tertiary/aromatic N) is 12. The second-order valence-corrected chi connectivity index (χ2v) is 33.8. The summed E-state index contributed by atoms with van der Waals surface area (Å²) in [6.07, 6.45) is 14.9. The number of carbonyl (C=O) groups is 8. The lowest BCUT2D eigenvalue weighted by atomic mass is 10.0. The highest BCUT2D eigenvalue weighted by Gasteiger charge is 2.34. The van der Waals surface area contributed by atoms with Crippen molar-refractivity contribution in [1.29, 1.82) is 0 Å². The van der Waals surface area contributed by atoms with E-state index in [1.165, 1.54) is 105 Å². The number of ether oxygens (including phenoxy) is 8. The number of furan rings is 1. The van der Waals surface area contributed by atoms with E-state index in [2.05, 4.69) is 82.9 Å². The van der Waals surface area contributed by atoms with E-state index >= 15 is 0 Å². The van der Waals surface area contributed by atoms with Gasteiger partial charge in [0.25, 0.3) is 0 Å². The fourth-order valence-corrected chi connectivity index (χ4v) is 17.6. The highest BCUT2D eigenvalue weighted by atomic mass is 35.5. The number of halogens is 8. The maximum absolute atomic E-state index is 14.8. The molecule has 0 radical (unpaired) electrons. The van der Waals surface area contributed by atoms with E-state index in [0.717, 1.165) is 57.3 Å². The van der Waals surface area contributed by atoms with Gasteiger partial charge in [-0.15, -0.1) is 22.7 Å². The molecule has 43 heteroatoms. The van der Waals surface area contributed by atoms with Crippen molar-refractivity contribution in [2.24, 2.45) is 28.2 Å². The van der Waals surface area contributed by atoms with Crippen LogP contribution in [-0.2, 0) is 79.5 Å². The highest BCUT2D eigenvalue weighted by Crippen LogP contribution is 2.46. The summed E-state index contributed by atoms with van der Waals surface area (Å²) in [5, 5.41) is 28.9. The quantitative estimate of drug-likeness (QED) is 0.0173. The van der Waals surface area contributed by atoms with Gasteiger partial charge >= 0.3 is 0 Å². The average Bonchev–Trinajstić information content (AvgIpc) is 1.57. The van der Waals surface area contributed by atoms with Gasteiger partial charge in [-0.3, -0.25) is 72.0 Å². The number of fused-ring (bicyclic) bond motifs is 4. The molecule has 4 amide bonds. The fourth-order valence-electron chi connectivity index (χ4n) is 14.4. The Labute approximate surface area is 822 Å². The van der Waals surface area contributed by atoms with Crippen LogP contribution in [0.5, 0.6) is 46.0 Å². The van der Waals surface area contributed by atoms with Gasteiger partial charge in [-0.1, -0.05) is 78.8 Å². The number of aryl methyl sites for hydroxylation is 4. The number of hydrogen-bond acceptors (Lipinski definition) is 27. The summed E-state index contributed by atoms with van der Waals surface area (Å²) < 4.78 is 113. The van der Waals surface area contributed by atoms with Gasteiger partial charge < -0.3 is 63.6 Å². The zero-order chi connectivity index (χ0) is 101. The van der Waals surface area contributed by atoms with Gasteiger partial charge in [0.15, 0.2) is 63.4 Å². The molecule has 4 N–H and O–H groups in total. The molecule has 0 unspecified atom stereocenters. The first kappa shape index (κ1) is 102. The van der Waals surface area contributed by atoms with Crippen molar-refractivity contribution in [2.75, 3.05) is 78.1 Å². The largest absolute Gasteiger partial charge is 0.495 e. The van der Waals surface area contributed by atoms with Crippen LogP contribution in [0.3, 0.4) is 0 Å². The number of aromatic nitrogens is 12. The molecule has 11 heterocycles. The SMILES string of the molecule is C=CC(=O)Nc1cn(C)nc1Cc1ccc2c(n1)C=C(C(=O)c1c(Cl)c(OC)cc(OC)c1Cl)C2.C=CC(=O)Nc1cn(C)nc1Cc1ccc2oc(C(=O)c3c(F)c(OC)cc(OC)c3F)cc2n1.C=CC(=O)Nc1cn(C)nc1Cc1ccc2sc(C(=O)c3c(Cl)c(OC)cc(OC)c3Cl)cc2n1.C=CC(=O)Nc1cn(C)nc1Cc1ccc2sc(C(=O)c3c(F)c(OC)cc(OC)c3F)cc2n1. The summed E-state index contributed by atoms with van der Waals surface area (Å²) in [6, 6.07) is 23.9. The zero-order valence-electron chi connectivity index (χ0n) is 76.4. The van der Waals surface area contributed by atoms with Gasteiger partial charge in [0.05, 0.1) is 170 Å². The predicted molar refractivity (Wildman–Crippen MR) is 521 cm³/mol. The van der Waals surface area contributed by atoms with Crippen molar-refractivity contribution in [3.05, 3.63) is 310 Å². The van der Waals surface area contributed by atoms with Gasteiger partial charge in [0.2, 0.25) is 41.0 Å². The van der Waals surface area contributed by atoms with E-state index < -0.39 is 46.0 Å². The standard InChI is InChI=1S/C25H22Cl2N4O4.C24H20Cl2N4O4S.C24H20F2N4O5.C24H20F2N4O4S/c1-5-21(32)29-18-12-31(2)30-17(18)10-15-7-6-13-8-14(9-16(13)28-15)25(33)22-23(26)19(34-3)11-20(35-4)24(22)27;1-5-20(31)28-15-11-30(2)29-13(15)8-12-6-7-18-14(27-12)9-19(35-18)24(32)21-22(25)16(33-3)10-17(34-4)23(21)26;1-5-20(31)28-15-11-30(2)29-13(15)8-12-6-7-16-14(27-12)9-19(35-16)24(32)21-22(25)17(33-3)10-18(34-4)23(21)26;1-5-20(31)28-15-11-30(2)29-13(15)8-12-6-7-18-14(27-12)9-19(35-18)24(32)21-22(25)16(33-3)10-17(34-4)23(21)26/h5-7,9,11-12H,1,8,10H2,2-4H3,(H,29,32);3*5-7,9-11H,1,8H2,2-4H3,(H,28,31). The van der Waals surface area contributed by atoms with Crippen molar-refractivity contribution in [1.82, 2.24) is 59.1 Å². The van der Waals surface area contributed by atoms with E-state index in [4.69, 9.17) is 93.7 Å². The number of thiophene rings is 2. The van der Waals surface area contributed by atoms with E-state index in [1.54, 1.807) is 108 Å². The Morgan fingerprint density at radius 2 is 0.686 bits per heavy atom. The molecule has 1 aliphatic rings. The molecule has 4 aromatic carbocycles. The smallest absolute Gasteiger partial charge is 0.247 e. The van der Waals surface area contributed by atoms with Crippen molar-refractivity contribution < 1.29 is 98.2 Å². The van der Waals surface area contributed by atoms with Crippen molar-refractivity contribution in [3.8, 4) is 46.0 Å². The van der Waals surface area contributed by atoms with Gasteiger partial charge in [-0.25, -0.2) is 22.5 Å². The Balaban J connectivity index is 0.000000157. The second-order valence-electron chi connectivity index (χ2n) is 30.2. The Hall–Kier alpha value is -15.7. The molecular formula is C97H82Cl4F4N16O17S2. The number of nitrogens with one attached hydrogen (secondary N) is 4. The van der Waals surface area contributed by atoms with Crippen LogP contribution in [0, 0.1) is 23.3 Å². The molecule has 1 aliphatic carbocycles. The predicted octanol–water partition coefficient (Wildman–Crippen LogP) is 18.1. The maximum atomic E-state index is 14.8. The van der Waals surface area contributed by atoms with Gasteiger partial charge in [-0.05, 0) is 90.5 Å². The van der Waals surface area contributed by atoms with Crippen LogP contribution in [-0.4, -0.2) is 163 Å². The monoisotopic (exact) mass is 2020 g/mol. The molecule has 15 aromatic rings. The lowest BCUT2D eigenvalue weighted by Gasteiger charge is -2.14. The van der Waals surface area contributed by atoms with Crippen molar-refractivity contribution >= 4 is 176 Å². The van der Waals surface area contributed by atoms with Gasteiger partial charge in [0.1, 0.15) is 39.6 Å². The molecule has 0 saturated carbocycles. The Morgan fingerprint density at radius 3 is 1.03 bits per heavy atom. The van der Waals surface area contributed by atoms with Crippen LogP contribution in [0.4, 0.5) is 40.3 Å². The number of hydrogen-bond donors (Lipinski definition) is 4. The molecule has 140 heavy (non-hydrogen) atoms. The van der Waals surface area contributed by atoms with Crippen LogP contribution in [0.15, 0.2) is 176 Å². The molecule has 0 saturated heterocycles. The number of Topliss-reactive ketones (excluding diaryl/α,β-unsaturated/α-hetero) is 1. The first-order valence-electron chi connectivity index (χ1n) is 41.3. The third-order valence-electron chi connectivity index (χ3n) is 21.0. The number of amides is 4. The molecule has 720 valence electrons. The maximum Gasteiger partial charge on any atom is 0.247 e. The summed E-state index contributed by atoms with van der Waals surface area (Å²) in [5.74, 6) is -8.96. The van der Waals surface area contributed by atoms with Crippen LogP contribution < -0.4 is 59.2 Å². The summed E-state index contributed by atoms with van der Waals surface area (Å²) in [6.45, 7) is 13.8. The minimum absolute atomic E-state index is 0.104. The van der Waals surface area contributed by atoms with Gasteiger partial charge in [-0.2, -0.15) is 20.4 Å². The number of rotatable bonds is 32. The number of pyridine rings is 4. The molecule has 0 spiro atoms. The Kier molecular flexibility index (Phi) is 32.1. The minimum Gasteiger partial charge on any atom is -0.495 e. The van der Waals surface area contributed by atoms with E-state index in [-0.39, 0.29) is 124 Å². The molecule has 0 aliphatic heterocycles. The number of carbonyl (C=O) groups excluding carboxylic acids is 8. The zero-order valence-corrected chi connectivity index (χ0v) is 81.0. The molecule has 33 nitrogen and oxygen atoms in total. The molecule has 0 atom stereocenters. The van der Waals surface area contributed by atoms with E-state index in [0.29, 0.717) is 131 Å². The minimum atomic E-state index is -1.17. The highest BCUT2D eigenvalue weighted by molar-refractivity contribution is 7.21. The topological polar surface area (TPSA) is 394 Å². The summed E-state index contributed by atoms with van der Waals surface area (Å²) >= 11 is 28.1. The first-order chi connectivity index (χ1) is 67.0. The van der Waals surface area contributed by atoms with E-state index in [9.17, 15) is 55.9 Å². The van der Waals surface area contributed by atoms with Crippen LogP contribution >= 0.6 is 69.1 Å². The third-order valence-corrected chi connectivity index (χ3v) is 24.7. The average molecular weight is 2030 g/mol. The normalized spacial score (nSPS) is 11.2. The summed E-state index contributed by atoms with van der Waals surface area (Å²) in [4.78, 5) is 119. The van der Waals surface area contributed by atoms with Crippen LogP contribution in [0.1, 0.15) is 114 Å². The summed E-state index contributed by atoms with van der Waals surface area (Å²) in [7, 11) is 17.6. The number of ketones is 4. The second kappa shape index (κ2) is 44.2. The first-order valence-corrected chi connectivity index (χ1v) is 44.5. The Morgan fingerprint density at radius 1 is 0.386 bits per heavy atom. The fraction of sp³-hybridized carbons (Fsp3) is 0.175. The van der Waals surface area contributed by atoms with Crippen LogP contribution in [0.25, 0.3) is 37.6 Å². The van der Waals surface area contributed by atoms with E-state index in [1.807, 2.05) is 24.3 Å².